The van der Waals surface area contributed by atoms with Crippen LogP contribution >= 0.6 is 0 Å². The first kappa shape index (κ1) is 15.7. The van der Waals surface area contributed by atoms with Crippen LogP contribution in [0.3, 0.4) is 0 Å². The highest BCUT2D eigenvalue weighted by molar-refractivity contribution is 5.77. The summed E-state index contributed by atoms with van der Waals surface area (Å²) in [6.07, 6.45) is 1.47. The number of nitrogens with zero attached hydrogens (tertiary/aromatic N) is 1. The van der Waals surface area contributed by atoms with Crippen molar-refractivity contribution in [2.45, 2.75) is 6.61 Å². The fourth-order valence-corrected chi connectivity index (χ4v) is 1.98. The Balaban J connectivity index is 2.09. The van der Waals surface area contributed by atoms with Crippen LogP contribution < -0.4 is 14.2 Å². The number of methoxy groups -OCH3 is 2. The van der Waals surface area contributed by atoms with Crippen LogP contribution in [0.25, 0.3) is 0 Å². The molecule has 116 valence electrons. The Morgan fingerprint density at radius 2 is 1.73 bits per heavy atom. The molecule has 0 spiro atoms. The molecule has 0 saturated carbocycles. The predicted molar refractivity (Wildman–Crippen MR) is 85.0 cm³/mol. The molecule has 0 aromatic heterocycles. The zero-order valence-corrected chi connectivity index (χ0v) is 12.9. The minimum Gasteiger partial charge on any atom is -0.624 e. The highest BCUT2D eigenvalue weighted by Crippen LogP contribution is 2.28. The second-order valence-corrected chi connectivity index (χ2v) is 4.72. The van der Waals surface area contributed by atoms with Gasteiger partial charge >= 0.3 is 0 Å². The van der Waals surface area contributed by atoms with Gasteiger partial charge in [0.25, 0.3) is 0 Å². The van der Waals surface area contributed by atoms with Crippen molar-refractivity contribution < 1.29 is 18.9 Å². The van der Waals surface area contributed by atoms with Gasteiger partial charge in [0.2, 0.25) is 0 Å². The summed E-state index contributed by atoms with van der Waals surface area (Å²) < 4.78 is 16.9. The summed E-state index contributed by atoms with van der Waals surface area (Å²) in [6.45, 7) is 0.422. The third kappa shape index (κ3) is 4.15. The molecule has 2 rings (SSSR count). The van der Waals surface area contributed by atoms with Crippen LogP contribution in [0.2, 0.25) is 0 Å². The monoisotopic (exact) mass is 301 g/mol. The first-order chi connectivity index (χ1) is 10.6. The molecule has 0 fully saturated rings. The van der Waals surface area contributed by atoms with Crippen LogP contribution in [0.5, 0.6) is 17.2 Å². The van der Waals surface area contributed by atoms with E-state index in [4.69, 9.17) is 14.2 Å². The summed E-state index contributed by atoms with van der Waals surface area (Å²) >= 11 is 0. The largest absolute Gasteiger partial charge is 0.624 e. The Labute approximate surface area is 130 Å². The van der Waals surface area contributed by atoms with Gasteiger partial charge in [-0.3, -0.25) is 0 Å². The van der Waals surface area contributed by atoms with Crippen LogP contribution in [0.4, 0.5) is 0 Å². The molecule has 0 amide bonds. The van der Waals surface area contributed by atoms with Gasteiger partial charge in [0.1, 0.15) is 19.4 Å². The summed E-state index contributed by atoms with van der Waals surface area (Å²) in [6, 6.07) is 13.0. The smallest absolute Gasteiger partial charge is 0.181 e. The number of benzene rings is 2. The molecule has 2 aromatic carbocycles. The van der Waals surface area contributed by atoms with E-state index >= 15 is 0 Å². The zero-order chi connectivity index (χ0) is 15.9. The number of hydroxylamine groups is 1. The third-order valence-corrected chi connectivity index (χ3v) is 3.07. The van der Waals surface area contributed by atoms with Gasteiger partial charge in [0, 0.05) is 5.56 Å². The first-order valence-corrected chi connectivity index (χ1v) is 6.81. The number of hydrogen-bond donors (Lipinski definition) is 0. The number of rotatable bonds is 6. The van der Waals surface area contributed by atoms with E-state index in [0.29, 0.717) is 18.1 Å². The Morgan fingerprint density at radius 1 is 1.00 bits per heavy atom. The standard InChI is InChI=1S/C17H19NO4/c1-18(19)11-14-6-9-16(17(10-14)21-3)22-12-13-4-7-15(20-2)8-5-13/h4-11H,12H2,1-3H3. The van der Waals surface area contributed by atoms with E-state index in [1.165, 1.54) is 13.3 Å². The second-order valence-electron chi connectivity index (χ2n) is 4.72. The molecule has 0 radical (unpaired) electrons. The molecular weight excluding hydrogens is 282 g/mol. The molecule has 0 aliphatic carbocycles. The van der Waals surface area contributed by atoms with E-state index < -0.39 is 0 Å². The van der Waals surface area contributed by atoms with Crippen molar-refractivity contribution in [2.24, 2.45) is 0 Å². The van der Waals surface area contributed by atoms with Crippen molar-refractivity contribution in [2.75, 3.05) is 21.3 Å². The van der Waals surface area contributed by atoms with Gasteiger partial charge in [-0.05, 0) is 35.9 Å². The Bertz CT molecular complexity index is 646. The Hall–Kier alpha value is -2.69. The van der Waals surface area contributed by atoms with Gasteiger partial charge in [-0.25, -0.2) is 4.74 Å². The minimum absolute atomic E-state index is 0.422. The lowest BCUT2D eigenvalue weighted by Gasteiger charge is -2.11. The van der Waals surface area contributed by atoms with Crippen LogP contribution in [0, 0.1) is 5.21 Å². The van der Waals surface area contributed by atoms with E-state index in [0.717, 1.165) is 21.6 Å². The van der Waals surface area contributed by atoms with E-state index in [9.17, 15) is 5.21 Å². The van der Waals surface area contributed by atoms with Gasteiger partial charge < -0.3 is 19.4 Å². The van der Waals surface area contributed by atoms with Gasteiger partial charge in [0.15, 0.2) is 17.7 Å². The van der Waals surface area contributed by atoms with Crippen molar-refractivity contribution in [1.82, 2.24) is 0 Å². The Morgan fingerprint density at radius 3 is 2.32 bits per heavy atom. The van der Waals surface area contributed by atoms with Crippen LogP contribution in [-0.4, -0.2) is 32.2 Å². The molecule has 0 N–H and O–H groups in total. The second kappa shape index (κ2) is 7.36. The molecule has 22 heavy (non-hydrogen) atoms. The van der Waals surface area contributed by atoms with E-state index in [1.54, 1.807) is 32.4 Å². The number of ether oxygens (including phenoxy) is 3. The quantitative estimate of drug-likeness (QED) is 0.356. The molecule has 5 nitrogen and oxygen atoms in total. The van der Waals surface area contributed by atoms with E-state index in [2.05, 4.69) is 0 Å². The van der Waals surface area contributed by atoms with Gasteiger partial charge in [-0.15, -0.1) is 0 Å². The Kier molecular flexibility index (Phi) is 5.25. The maximum absolute atomic E-state index is 11.0. The maximum Gasteiger partial charge on any atom is 0.181 e. The summed E-state index contributed by atoms with van der Waals surface area (Å²) in [5, 5.41) is 11.0. The minimum atomic E-state index is 0.422. The SMILES string of the molecule is COc1ccc(COc2ccc(C=[N+](C)[O-])cc2OC)cc1. The van der Waals surface area contributed by atoms with Gasteiger partial charge in [0.05, 0.1) is 14.2 Å². The summed E-state index contributed by atoms with van der Waals surface area (Å²) in [5.74, 6) is 2.02. The molecular formula is C17H19NO4. The molecule has 0 saturated heterocycles. The summed E-state index contributed by atoms with van der Waals surface area (Å²) in [5.41, 5.74) is 1.78. The molecule has 0 heterocycles. The van der Waals surface area contributed by atoms with Crippen LogP contribution in [-0.2, 0) is 6.61 Å². The highest BCUT2D eigenvalue weighted by atomic mass is 16.5. The van der Waals surface area contributed by atoms with Gasteiger partial charge in [-0.1, -0.05) is 12.1 Å². The molecule has 0 atom stereocenters. The summed E-state index contributed by atoms with van der Waals surface area (Å²) in [7, 11) is 4.63. The highest BCUT2D eigenvalue weighted by Gasteiger charge is 2.07. The molecule has 0 aliphatic heterocycles. The molecule has 0 aliphatic rings. The van der Waals surface area contributed by atoms with Gasteiger partial charge in [-0.2, -0.15) is 0 Å². The topological polar surface area (TPSA) is 53.8 Å². The maximum atomic E-state index is 11.0. The van der Waals surface area contributed by atoms with Crippen LogP contribution in [0.15, 0.2) is 42.5 Å². The normalized spacial score (nSPS) is 11.1. The summed E-state index contributed by atoms with van der Waals surface area (Å²) in [4.78, 5) is 0. The lowest BCUT2D eigenvalue weighted by molar-refractivity contribution is -0.416. The fourth-order valence-electron chi connectivity index (χ4n) is 1.98. The molecule has 5 heteroatoms. The predicted octanol–water partition coefficient (Wildman–Crippen LogP) is 2.84. The zero-order valence-electron chi connectivity index (χ0n) is 12.9. The van der Waals surface area contributed by atoms with E-state index in [-0.39, 0.29) is 0 Å². The van der Waals surface area contributed by atoms with Crippen molar-refractivity contribution in [3.8, 4) is 17.2 Å². The molecule has 0 bridgehead atoms. The van der Waals surface area contributed by atoms with Crippen LogP contribution in [0.1, 0.15) is 11.1 Å². The average molecular weight is 301 g/mol. The molecule has 0 unspecified atom stereocenters. The lowest BCUT2D eigenvalue weighted by atomic mass is 10.2. The van der Waals surface area contributed by atoms with Crippen molar-refractivity contribution in [1.29, 1.82) is 0 Å². The fraction of sp³-hybridized carbons (Fsp3) is 0.235. The van der Waals surface area contributed by atoms with E-state index in [1.807, 2.05) is 24.3 Å². The lowest BCUT2D eigenvalue weighted by Crippen LogP contribution is -2.01. The third-order valence-electron chi connectivity index (χ3n) is 3.07. The van der Waals surface area contributed by atoms with Crippen molar-refractivity contribution in [3.05, 3.63) is 58.8 Å². The number of hydrogen-bond acceptors (Lipinski definition) is 4. The van der Waals surface area contributed by atoms with Crippen molar-refractivity contribution >= 4 is 6.21 Å². The average Bonchev–Trinajstić information content (AvgIpc) is 2.53. The first-order valence-electron chi connectivity index (χ1n) is 6.81. The van der Waals surface area contributed by atoms with Crippen molar-refractivity contribution in [3.63, 3.8) is 0 Å². The molecule has 2 aromatic rings.